The third kappa shape index (κ3) is 3.38. The first-order valence-corrected chi connectivity index (χ1v) is 7.12. The SMILES string of the molecule is O=C1NC(=Nc2ccccc2)SC1=Cc1cccc(F)c1. The summed E-state index contributed by atoms with van der Waals surface area (Å²) in [7, 11) is 0. The summed E-state index contributed by atoms with van der Waals surface area (Å²) in [5, 5.41) is 3.22. The maximum Gasteiger partial charge on any atom is 0.264 e. The average molecular weight is 298 g/mol. The van der Waals surface area contributed by atoms with E-state index in [4.69, 9.17) is 0 Å². The molecule has 5 heteroatoms. The number of benzene rings is 2. The highest BCUT2D eigenvalue weighted by Gasteiger charge is 2.23. The molecule has 1 fully saturated rings. The van der Waals surface area contributed by atoms with Crippen molar-refractivity contribution in [2.24, 2.45) is 4.99 Å². The molecular formula is C16H11FN2OS. The fourth-order valence-electron chi connectivity index (χ4n) is 1.85. The Morgan fingerprint density at radius 3 is 2.67 bits per heavy atom. The highest BCUT2D eigenvalue weighted by atomic mass is 32.2. The van der Waals surface area contributed by atoms with Crippen LogP contribution in [0.4, 0.5) is 10.1 Å². The van der Waals surface area contributed by atoms with Gasteiger partial charge in [-0.3, -0.25) is 4.79 Å². The molecule has 21 heavy (non-hydrogen) atoms. The van der Waals surface area contributed by atoms with E-state index in [-0.39, 0.29) is 11.7 Å². The zero-order valence-electron chi connectivity index (χ0n) is 10.9. The van der Waals surface area contributed by atoms with Crippen LogP contribution < -0.4 is 5.32 Å². The van der Waals surface area contributed by atoms with Crippen molar-refractivity contribution in [3.8, 4) is 0 Å². The largest absolute Gasteiger partial charge is 0.300 e. The van der Waals surface area contributed by atoms with Crippen molar-refractivity contribution < 1.29 is 9.18 Å². The Hall–Kier alpha value is -2.40. The van der Waals surface area contributed by atoms with E-state index in [1.165, 1.54) is 23.9 Å². The molecule has 1 saturated heterocycles. The van der Waals surface area contributed by atoms with Crippen LogP contribution in [0.5, 0.6) is 0 Å². The van der Waals surface area contributed by atoms with E-state index < -0.39 is 0 Å². The molecule has 3 nitrogen and oxygen atoms in total. The molecule has 2 aromatic rings. The van der Waals surface area contributed by atoms with Crippen LogP contribution in [-0.4, -0.2) is 11.1 Å². The van der Waals surface area contributed by atoms with Gasteiger partial charge in [0.25, 0.3) is 5.91 Å². The molecule has 1 N–H and O–H groups in total. The monoisotopic (exact) mass is 298 g/mol. The molecule has 3 rings (SSSR count). The van der Waals surface area contributed by atoms with Gasteiger partial charge in [0.05, 0.1) is 10.6 Å². The second kappa shape index (κ2) is 5.93. The van der Waals surface area contributed by atoms with Crippen LogP contribution in [0.25, 0.3) is 6.08 Å². The van der Waals surface area contributed by atoms with Crippen molar-refractivity contribution in [1.29, 1.82) is 0 Å². The van der Waals surface area contributed by atoms with Gasteiger partial charge in [0.15, 0.2) is 5.17 Å². The first-order valence-electron chi connectivity index (χ1n) is 6.31. The van der Waals surface area contributed by atoms with Gasteiger partial charge < -0.3 is 5.32 Å². The number of aliphatic imine (C=N–C) groups is 1. The third-order valence-corrected chi connectivity index (χ3v) is 3.69. The van der Waals surface area contributed by atoms with E-state index in [1.807, 2.05) is 30.3 Å². The Morgan fingerprint density at radius 2 is 1.90 bits per heavy atom. The Bertz CT molecular complexity index is 741. The number of rotatable bonds is 2. The highest BCUT2D eigenvalue weighted by Crippen LogP contribution is 2.27. The minimum Gasteiger partial charge on any atom is -0.300 e. The topological polar surface area (TPSA) is 41.5 Å². The zero-order chi connectivity index (χ0) is 14.7. The fourth-order valence-corrected chi connectivity index (χ4v) is 2.69. The number of para-hydroxylation sites is 1. The minimum absolute atomic E-state index is 0.223. The zero-order valence-corrected chi connectivity index (χ0v) is 11.7. The number of halogens is 1. The quantitative estimate of drug-likeness (QED) is 0.859. The number of amidine groups is 1. The van der Waals surface area contributed by atoms with Crippen molar-refractivity contribution in [3.63, 3.8) is 0 Å². The van der Waals surface area contributed by atoms with E-state index >= 15 is 0 Å². The molecule has 0 saturated carbocycles. The average Bonchev–Trinajstić information content (AvgIpc) is 2.80. The summed E-state index contributed by atoms with van der Waals surface area (Å²) in [6, 6.07) is 15.5. The summed E-state index contributed by atoms with van der Waals surface area (Å²) in [6.07, 6.45) is 1.65. The maximum atomic E-state index is 13.1. The molecular weight excluding hydrogens is 287 g/mol. The second-order valence-electron chi connectivity index (χ2n) is 4.37. The molecule has 1 heterocycles. The smallest absolute Gasteiger partial charge is 0.264 e. The highest BCUT2D eigenvalue weighted by molar-refractivity contribution is 8.18. The molecule has 0 atom stereocenters. The normalized spacial score (nSPS) is 18.2. The summed E-state index contributed by atoms with van der Waals surface area (Å²) in [4.78, 5) is 16.7. The van der Waals surface area contributed by atoms with E-state index in [0.29, 0.717) is 15.6 Å². The third-order valence-electron chi connectivity index (χ3n) is 2.78. The Labute approximate surface area is 125 Å². The van der Waals surface area contributed by atoms with Crippen LogP contribution in [0.3, 0.4) is 0 Å². The summed E-state index contributed by atoms with van der Waals surface area (Å²) in [6.45, 7) is 0. The number of nitrogens with zero attached hydrogens (tertiary/aromatic N) is 1. The van der Waals surface area contributed by atoms with Crippen LogP contribution >= 0.6 is 11.8 Å². The van der Waals surface area contributed by atoms with Crippen molar-refractivity contribution >= 4 is 34.6 Å². The van der Waals surface area contributed by atoms with Gasteiger partial charge in [-0.05, 0) is 47.7 Å². The standard InChI is InChI=1S/C16H11FN2OS/c17-12-6-4-5-11(9-12)10-14-15(20)19-16(21-14)18-13-7-2-1-3-8-13/h1-10H,(H,18,19,20). The van der Waals surface area contributed by atoms with E-state index in [9.17, 15) is 9.18 Å². The second-order valence-corrected chi connectivity index (χ2v) is 5.40. The molecule has 0 unspecified atom stereocenters. The van der Waals surface area contributed by atoms with Crippen LogP contribution in [0, 0.1) is 5.82 Å². The molecule has 0 aromatic heterocycles. The Balaban J connectivity index is 1.84. The number of thioether (sulfide) groups is 1. The number of nitrogens with one attached hydrogen (secondary N) is 1. The van der Waals surface area contributed by atoms with Gasteiger partial charge >= 0.3 is 0 Å². The van der Waals surface area contributed by atoms with Gasteiger partial charge in [-0.25, -0.2) is 9.38 Å². The molecule has 2 aromatic carbocycles. The van der Waals surface area contributed by atoms with Gasteiger partial charge in [0, 0.05) is 0 Å². The van der Waals surface area contributed by atoms with E-state index in [1.54, 1.807) is 18.2 Å². The lowest BCUT2D eigenvalue weighted by Crippen LogP contribution is -2.19. The van der Waals surface area contributed by atoms with Gasteiger partial charge in [-0.2, -0.15) is 0 Å². The molecule has 0 radical (unpaired) electrons. The predicted octanol–water partition coefficient (Wildman–Crippen LogP) is 3.72. The van der Waals surface area contributed by atoms with Crippen molar-refractivity contribution in [1.82, 2.24) is 5.32 Å². The number of hydrogen-bond acceptors (Lipinski definition) is 3. The molecule has 1 aliphatic rings. The summed E-state index contributed by atoms with van der Waals surface area (Å²) >= 11 is 1.24. The van der Waals surface area contributed by atoms with Gasteiger partial charge in [0.2, 0.25) is 0 Å². The number of carbonyl (C=O) groups is 1. The van der Waals surface area contributed by atoms with Crippen LogP contribution in [-0.2, 0) is 4.79 Å². The molecule has 1 aliphatic heterocycles. The van der Waals surface area contributed by atoms with E-state index in [0.717, 1.165) is 5.69 Å². The van der Waals surface area contributed by atoms with Gasteiger partial charge in [-0.1, -0.05) is 30.3 Å². The summed E-state index contributed by atoms with van der Waals surface area (Å²) in [5.74, 6) is -0.551. The van der Waals surface area contributed by atoms with Crippen molar-refractivity contribution in [2.45, 2.75) is 0 Å². The Kier molecular flexibility index (Phi) is 3.83. The molecule has 0 bridgehead atoms. The van der Waals surface area contributed by atoms with Crippen molar-refractivity contribution in [2.75, 3.05) is 0 Å². The molecule has 0 spiro atoms. The number of carbonyl (C=O) groups excluding carboxylic acids is 1. The van der Waals surface area contributed by atoms with Crippen molar-refractivity contribution in [3.05, 3.63) is 70.9 Å². The Morgan fingerprint density at radius 1 is 1.10 bits per heavy atom. The summed E-state index contributed by atoms with van der Waals surface area (Å²) < 4.78 is 13.1. The van der Waals surface area contributed by atoms with Gasteiger partial charge in [0.1, 0.15) is 5.82 Å². The van der Waals surface area contributed by atoms with Crippen LogP contribution in [0.2, 0.25) is 0 Å². The maximum absolute atomic E-state index is 13.1. The number of hydrogen-bond donors (Lipinski definition) is 1. The molecule has 1 amide bonds. The first kappa shape index (κ1) is 13.6. The fraction of sp³-hybridized carbons (Fsp3) is 0. The first-order chi connectivity index (χ1) is 10.2. The number of amides is 1. The molecule has 104 valence electrons. The lowest BCUT2D eigenvalue weighted by molar-refractivity contribution is -0.115. The van der Waals surface area contributed by atoms with Crippen LogP contribution in [0.1, 0.15) is 5.56 Å². The van der Waals surface area contributed by atoms with Gasteiger partial charge in [-0.15, -0.1) is 0 Å². The lowest BCUT2D eigenvalue weighted by atomic mass is 10.2. The minimum atomic E-state index is -0.328. The predicted molar refractivity (Wildman–Crippen MR) is 83.6 cm³/mol. The molecule has 0 aliphatic carbocycles. The van der Waals surface area contributed by atoms with Crippen LogP contribution in [0.15, 0.2) is 64.5 Å². The lowest BCUT2D eigenvalue weighted by Gasteiger charge is -1.95. The summed E-state index contributed by atoms with van der Waals surface area (Å²) in [5.41, 5.74) is 1.42. The van der Waals surface area contributed by atoms with E-state index in [2.05, 4.69) is 10.3 Å².